The van der Waals surface area contributed by atoms with Gasteiger partial charge in [-0.15, -0.1) is 11.8 Å². The van der Waals surface area contributed by atoms with Gasteiger partial charge in [-0.2, -0.15) is 4.98 Å². The predicted molar refractivity (Wildman–Crippen MR) is 88.3 cm³/mol. The smallest absolute Gasteiger partial charge is 0.246 e. The van der Waals surface area contributed by atoms with Crippen LogP contribution >= 0.6 is 11.8 Å². The predicted octanol–water partition coefficient (Wildman–Crippen LogP) is 3.66. The minimum atomic E-state index is -0.505. The summed E-state index contributed by atoms with van der Waals surface area (Å²) in [5.41, 5.74) is 6.25. The highest BCUT2D eigenvalue weighted by Crippen LogP contribution is 2.47. The van der Waals surface area contributed by atoms with E-state index in [9.17, 15) is 0 Å². The van der Waals surface area contributed by atoms with Gasteiger partial charge in [0.25, 0.3) is 0 Å². The second-order valence-corrected chi connectivity index (χ2v) is 8.38. The lowest BCUT2D eigenvalue weighted by Crippen LogP contribution is -2.35. The van der Waals surface area contributed by atoms with Crippen LogP contribution < -0.4 is 10.5 Å². The molecular formula is C17H21N3O2S. The second kappa shape index (κ2) is 5.24. The molecule has 23 heavy (non-hydrogen) atoms. The van der Waals surface area contributed by atoms with E-state index in [0.29, 0.717) is 11.7 Å². The van der Waals surface area contributed by atoms with E-state index in [-0.39, 0.29) is 11.5 Å². The maximum absolute atomic E-state index is 6.53. The summed E-state index contributed by atoms with van der Waals surface area (Å²) in [6.07, 6.45) is 2.63. The molecule has 0 amide bonds. The monoisotopic (exact) mass is 331 g/mol. The third kappa shape index (κ3) is 2.74. The van der Waals surface area contributed by atoms with Crippen LogP contribution in [-0.2, 0) is 5.54 Å². The first kappa shape index (κ1) is 15.0. The summed E-state index contributed by atoms with van der Waals surface area (Å²) in [7, 11) is 0. The molecule has 5 nitrogen and oxygen atoms in total. The van der Waals surface area contributed by atoms with Gasteiger partial charge in [-0.05, 0) is 36.8 Å². The minimum absolute atomic E-state index is 0.189. The maximum Gasteiger partial charge on any atom is 0.246 e. The molecule has 0 radical (unpaired) electrons. The van der Waals surface area contributed by atoms with E-state index in [0.717, 1.165) is 35.7 Å². The molecule has 1 aromatic heterocycles. The third-order valence-corrected chi connectivity index (χ3v) is 5.82. The SMILES string of the molecule is CC1(C)CCC(N)(c2nc(C3CSc4ccccc4O3)no2)C1. The molecule has 1 aliphatic carbocycles. The van der Waals surface area contributed by atoms with Crippen molar-refractivity contribution in [3.63, 3.8) is 0 Å². The molecular weight excluding hydrogens is 310 g/mol. The van der Waals surface area contributed by atoms with Crippen LogP contribution in [0.25, 0.3) is 0 Å². The number of nitrogens with two attached hydrogens (primary N) is 1. The average molecular weight is 331 g/mol. The van der Waals surface area contributed by atoms with Crippen molar-refractivity contribution < 1.29 is 9.26 Å². The molecule has 6 heteroatoms. The highest BCUT2D eigenvalue weighted by molar-refractivity contribution is 7.99. The van der Waals surface area contributed by atoms with Crippen LogP contribution in [0, 0.1) is 5.41 Å². The standard InChI is InChI=1S/C17H21N3O2S/c1-16(2)7-8-17(18,10-16)15-19-14(20-22-15)12-9-23-13-6-4-3-5-11(13)21-12/h3-6,12H,7-10,18H2,1-2H3. The fourth-order valence-electron chi connectivity index (χ4n) is 3.49. The lowest BCUT2D eigenvalue weighted by molar-refractivity contribution is 0.203. The summed E-state index contributed by atoms with van der Waals surface area (Å²) in [6, 6.07) is 8.02. The Hall–Kier alpha value is -1.53. The number of thioether (sulfide) groups is 1. The number of aromatic nitrogens is 2. The molecule has 1 saturated carbocycles. The molecule has 2 unspecified atom stereocenters. The Morgan fingerprint density at radius 3 is 2.87 bits per heavy atom. The van der Waals surface area contributed by atoms with E-state index in [1.54, 1.807) is 11.8 Å². The van der Waals surface area contributed by atoms with Crippen molar-refractivity contribution in [1.29, 1.82) is 0 Å². The molecule has 4 rings (SSSR count). The first-order chi connectivity index (χ1) is 11.0. The number of benzene rings is 1. The van der Waals surface area contributed by atoms with E-state index < -0.39 is 5.54 Å². The zero-order valence-electron chi connectivity index (χ0n) is 13.4. The normalized spacial score (nSPS) is 29.1. The zero-order chi connectivity index (χ0) is 16.1. The Balaban J connectivity index is 1.55. The van der Waals surface area contributed by atoms with Gasteiger partial charge in [0.1, 0.15) is 5.75 Å². The van der Waals surface area contributed by atoms with Crippen molar-refractivity contribution in [3.8, 4) is 5.75 Å². The highest BCUT2D eigenvalue weighted by Gasteiger charge is 2.45. The topological polar surface area (TPSA) is 74.2 Å². The summed E-state index contributed by atoms with van der Waals surface area (Å²) < 4.78 is 11.5. The zero-order valence-corrected chi connectivity index (χ0v) is 14.2. The molecule has 0 bridgehead atoms. The van der Waals surface area contributed by atoms with Gasteiger partial charge in [0, 0.05) is 10.6 Å². The van der Waals surface area contributed by atoms with Crippen LogP contribution in [0.5, 0.6) is 5.75 Å². The van der Waals surface area contributed by atoms with Gasteiger partial charge in [0.15, 0.2) is 6.10 Å². The summed E-state index contributed by atoms with van der Waals surface area (Å²) >= 11 is 1.75. The van der Waals surface area contributed by atoms with Crippen LogP contribution in [0.4, 0.5) is 0 Å². The molecule has 0 spiro atoms. The third-order valence-electron chi connectivity index (χ3n) is 4.71. The lowest BCUT2D eigenvalue weighted by atomic mass is 9.88. The second-order valence-electron chi connectivity index (χ2n) is 7.32. The van der Waals surface area contributed by atoms with Gasteiger partial charge < -0.3 is 15.0 Å². The van der Waals surface area contributed by atoms with Crippen molar-refractivity contribution in [2.45, 2.75) is 49.6 Å². The van der Waals surface area contributed by atoms with Crippen molar-refractivity contribution in [2.24, 2.45) is 11.1 Å². The quantitative estimate of drug-likeness (QED) is 0.905. The fraction of sp³-hybridized carbons (Fsp3) is 0.529. The molecule has 2 heterocycles. The van der Waals surface area contributed by atoms with E-state index in [4.69, 9.17) is 15.0 Å². The van der Waals surface area contributed by atoms with Gasteiger partial charge >= 0.3 is 0 Å². The number of hydrogen-bond acceptors (Lipinski definition) is 6. The van der Waals surface area contributed by atoms with Crippen molar-refractivity contribution in [2.75, 3.05) is 5.75 Å². The number of hydrogen-bond donors (Lipinski definition) is 1. The summed E-state index contributed by atoms with van der Waals surface area (Å²) in [5.74, 6) is 2.80. The van der Waals surface area contributed by atoms with Crippen LogP contribution in [0.15, 0.2) is 33.7 Å². The van der Waals surface area contributed by atoms with Crippen molar-refractivity contribution in [1.82, 2.24) is 10.1 Å². The van der Waals surface area contributed by atoms with E-state index in [1.165, 1.54) is 0 Å². The summed E-state index contributed by atoms with van der Waals surface area (Å²) in [4.78, 5) is 5.74. The van der Waals surface area contributed by atoms with E-state index in [1.807, 2.05) is 18.2 Å². The highest BCUT2D eigenvalue weighted by atomic mass is 32.2. The van der Waals surface area contributed by atoms with Crippen molar-refractivity contribution in [3.05, 3.63) is 36.0 Å². The van der Waals surface area contributed by atoms with Gasteiger partial charge in [-0.25, -0.2) is 0 Å². The molecule has 1 aromatic carbocycles. The van der Waals surface area contributed by atoms with Gasteiger partial charge in [-0.1, -0.05) is 31.1 Å². The molecule has 122 valence electrons. The number of nitrogens with zero attached hydrogens (tertiary/aromatic N) is 2. The maximum atomic E-state index is 6.53. The average Bonchev–Trinajstić information content (AvgIpc) is 3.13. The largest absolute Gasteiger partial charge is 0.480 e. The Bertz CT molecular complexity index is 730. The van der Waals surface area contributed by atoms with E-state index >= 15 is 0 Å². The lowest BCUT2D eigenvalue weighted by Gasteiger charge is -2.23. The van der Waals surface area contributed by atoms with Crippen LogP contribution in [0.1, 0.15) is 50.9 Å². The molecule has 0 saturated heterocycles. The number of ether oxygens (including phenoxy) is 1. The molecule has 1 aliphatic heterocycles. The van der Waals surface area contributed by atoms with Gasteiger partial charge in [0.05, 0.1) is 5.54 Å². The molecule has 1 fully saturated rings. The van der Waals surface area contributed by atoms with Gasteiger partial charge in [-0.3, -0.25) is 0 Å². The summed E-state index contributed by atoms with van der Waals surface area (Å²) in [6.45, 7) is 4.47. The Kier molecular flexibility index (Phi) is 3.43. The molecule has 2 N–H and O–H groups in total. The van der Waals surface area contributed by atoms with Crippen molar-refractivity contribution >= 4 is 11.8 Å². The first-order valence-electron chi connectivity index (χ1n) is 7.97. The molecule has 2 aliphatic rings. The van der Waals surface area contributed by atoms with E-state index in [2.05, 4.69) is 30.1 Å². The minimum Gasteiger partial charge on any atom is -0.480 e. The Labute approximate surface area is 140 Å². The fourth-order valence-corrected chi connectivity index (χ4v) is 4.47. The number of para-hydroxylation sites is 1. The first-order valence-corrected chi connectivity index (χ1v) is 8.95. The Morgan fingerprint density at radius 1 is 1.26 bits per heavy atom. The molecule has 2 aromatic rings. The van der Waals surface area contributed by atoms with Crippen LogP contribution in [-0.4, -0.2) is 15.9 Å². The molecule has 2 atom stereocenters. The van der Waals surface area contributed by atoms with Gasteiger partial charge in [0.2, 0.25) is 11.7 Å². The Morgan fingerprint density at radius 2 is 2.09 bits per heavy atom. The van der Waals surface area contributed by atoms with Crippen LogP contribution in [0.3, 0.4) is 0 Å². The number of rotatable bonds is 2. The number of fused-ring (bicyclic) bond motifs is 1. The summed E-state index contributed by atoms with van der Waals surface area (Å²) in [5, 5.41) is 4.15. The van der Waals surface area contributed by atoms with Crippen LogP contribution in [0.2, 0.25) is 0 Å².